The minimum Gasteiger partial charge on any atom is -0.465 e. The number of aryl methyl sites for hydroxylation is 1. The standard InChI is InChI=1S/C11H18N2OS/c1-9-10(7-12)6-11(14-9)8-13-2-4-15-5-3-13/h6H,2-5,7-8,12H2,1H3. The van der Waals surface area contributed by atoms with Crippen LogP contribution in [0.4, 0.5) is 0 Å². The Morgan fingerprint density at radius 1 is 1.47 bits per heavy atom. The van der Waals surface area contributed by atoms with Crippen LogP contribution in [0.2, 0.25) is 0 Å². The summed E-state index contributed by atoms with van der Waals surface area (Å²) in [6, 6.07) is 2.09. The van der Waals surface area contributed by atoms with Crippen LogP contribution in [0.15, 0.2) is 10.5 Å². The highest BCUT2D eigenvalue weighted by molar-refractivity contribution is 7.99. The Bertz CT molecular complexity index is 318. The van der Waals surface area contributed by atoms with Crippen molar-refractivity contribution < 1.29 is 4.42 Å². The van der Waals surface area contributed by atoms with Gasteiger partial charge in [0.15, 0.2) is 0 Å². The second-order valence-corrected chi connectivity index (χ2v) is 5.11. The predicted octanol–water partition coefficient (Wildman–Crippen LogP) is 1.60. The summed E-state index contributed by atoms with van der Waals surface area (Å²) in [4.78, 5) is 2.44. The van der Waals surface area contributed by atoms with Gasteiger partial charge in [-0.25, -0.2) is 0 Å². The normalized spacial score (nSPS) is 18.3. The number of hydrogen-bond donors (Lipinski definition) is 1. The molecule has 1 aromatic heterocycles. The third kappa shape index (κ3) is 2.77. The van der Waals surface area contributed by atoms with Crippen LogP contribution in [-0.2, 0) is 13.1 Å². The Kier molecular flexibility index (Phi) is 3.72. The fraction of sp³-hybridized carbons (Fsp3) is 0.636. The number of nitrogens with zero attached hydrogens (tertiary/aromatic N) is 1. The Morgan fingerprint density at radius 2 is 2.20 bits per heavy atom. The fourth-order valence-corrected chi connectivity index (χ4v) is 2.83. The van der Waals surface area contributed by atoms with E-state index in [0.717, 1.165) is 23.6 Å². The molecule has 1 aliphatic rings. The van der Waals surface area contributed by atoms with Gasteiger partial charge in [0.25, 0.3) is 0 Å². The van der Waals surface area contributed by atoms with E-state index in [9.17, 15) is 0 Å². The molecule has 0 saturated carbocycles. The van der Waals surface area contributed by atoms with Crippen LogP contribution in [0, 0.1) is 6.92 Å². The SMILES string of the molecule is Cc1oc(CN2CCSCC2)cc1CN. The van der Waals surface area contributed by atoms with Crippen LogP contribution < -0.4 is 5.73 Å². The Hall–Kier alpha value is -0.450. The van der Waals surface area contributed by atoms with Gasteiger partial charge in [-0.1, -0.05) is 0 Å². The smallest absolute Gasteiger partial charge is 0.118 e. The van der Waals surface area contributed by atoms with Crippen LogP contribution in [0.25, 0.3) is 0 Å². The summed E-state index contributed by atoms with van der Waals surface area (Å²) in [6.07, 6.45) is 0. The third-order valence-electron chi connectivity index (χ3n) is 2.77. The van der Waals surface area contributed by atoms with E-state index in [4.69, 9.17) is 10.2 Å². The van der Waals surface area contributed by atoms with E-state index in [-0.39, 0.29) is 0 Å². The molecular formula is C11H18N2OS. The van der Waals surface area contributed by atoms with E-state index in [0.29, 0.717) is 6.54 Å². The monoisotopic (exact) mass is 226 g/mol. The molecule has 0 bridgehead atoms. The largest absolute Gasteiger partial charge is 0.465 e. The first-order chi connectivity index (χ1) is 7.29. The fourth-order valence-electron chi connectivity index (χ4n) is 1.85. The second-order valence-electron chi connectivity index (χ2n) is 3.89. The summed E-state index contributed by atoms with van der Waals surface area (Å²) in [5.41, 5.74) is 6.76. The molecule has 0 aliphatic carbocycles. The maximum atomic E-state index is 5.68. The van der Waals surface area contributed by atoms with Crippen LogP contribution in [0.5, 0.6) is 0 Å². The van der Waals surface area contributed by atoms with Gasteiger partial charge in [0.2, 0.25) is 0 Å². The summed E-state index contributed by atoms with van der Waals surface area (Å²) in [5, 5.41) is 0. The Morgan fingerprint density at radius 3 is 2.80 bits per heavy atom. The molecule has 0 aromatic carbocycles. The lowest BCUT2D eigenvalue weighted by Gasteiger charge is -2.24. The second kappa shape index (κ2) is 5.05. The highest BCUT2D eigenvalue weighted by Gasteiger charge is 2.13. The molecule has 84 valence electrons. The van der Waals surface area contributed by atoms with E-state index in [1.807, 2.05) is 18.7 Å². The summed E-state index contributed by atoms with van der Waals surface area (Å²) in [5.74, 6) is 4.51. The van der Waals surface area contributed by atoms with Crippen molar-refractivity contribution in [2.75, 3.05) is 24.6 Å². The molecule has 2 heterocycles. The summed E-state index contributed by atoms with van der Waals surface area (Å²) in [7, 11) is 0. The van der Waals surface area contributed by atoms with E-state index in [2.05, 4.69) is 11.0 Å². The number of thioether (sulfide) groups is 1. The van der Waals surface area contributed by atoms with E-state index >= 15 is 0 Å². The zero-order valence-corrected chi connectivity index (χ0v) is 9.98. The molecule has 0 atom stereocenters. The Labute approximate surface area is 95.0 Å². The van der Waals surface area contributed by atoms with Gasteiger partial charge in [0, 0.05) is 36.7 Å². The molecule has 4 heteroatoms. The maximum absolute atomic E-state index is 5.68. The van der Waals surface area contributed by atoms with Gasteiger partial charge in [-0.2, -0.15) is 11.8 Å². The first-order valence-corrected chi connectivity index (χ1v) is 6.53. The minimum atomic E-state index is 0.575. The van der Waals surface area contributed by atoms with Gasteiger partial charge in [-0.05, 0) is 13.0 Å². The molecule has 0 unspecified atom stereocenters. The quantitative estimate of drug-likeness (QED) is 0.850. The summed E-state index contributed by atoms with van der Waals surface area (Å²) < 4.78 is 5.68. The zero-order valence-electron chi connectivity index (χ0n) is 9.16. The molecular weight excluding hydrogens is 208 g/mol. The lowest BCUT2D eigenvalue weighted by Crippen LogP contribution is -2.31. The topological polar surface area (TPSA) is 42.4 Å². The van der Waals surface area contributed by atoms with Crippen molar-refractivity contribution in [3.8, 4) is 0 Å². The lowest BCUT2D eigenvalue weighted by atomic mass is 10.2. The van der Waals surface area contributed by atoms with E-state index in [1.165, 1.54) is 24.6 Å². The van der Waals surface area contributed by atoms with Crippen molar-refractivity contribution in [1.29, 1.82) is 0 Å². The highest BCUT2D eigenvalue weighted by atomic mass is 32.2. The number of furan rings is 1. The van der Waals surface area contributed by atoms with Gasteiger partial charge in [0.1, 0.15) is 11.5 Å². The molecule has 2 rings (SSSR count). The molecule has 15 heavy (non-hydrogen) atoms. The first kappa shape index (κ1) is 11.0. The van der Waals surface area contributed by atoms with Gasteiger partial charge < -0.3 is 10.2 Å². The molecule has 0 radical (unpaired) electrons. The molecule has 1 fully saturated rings. The highest BCUT2D eigenvalue weighted by Crippen LogP contribution is 2.17. The van der Waals surface area contributed by atoms with Crippen molar-refractivity contribution in [2.45, 2.75) is 20.0 Å². The van der Waals surface area contributed by atoms with Crippen molar-refractivity contribution in [3.05, 3.63) is 23.2 Å². The summed E-state index contributed by atoms with van der Waals surface area (Å²) in [6.45, 7) is 5.83. The zero-order chi connectivity index (χ0) is 10.7. The molecule has 0 spiro atoms. The molecule has 3 nitrogen and oxygen atoms in total. The van der Waals surface area contributed by atoms with Crippen molar-refractivity contribution in [3.63, 3.8) is 0 Å². The van der Waals surface area contributed by atoms with E-state index < -0.39 is 0 Å². The van der Waals surface area contributed by atoms with Crippen LogP contribution in [0.3, 0.4) is 0 Å². The number of nitrogens with two attached hydrogens (primary N) is 1. The average Bonchev–Trinajstić information content (AvgIpc) is 2.60. The molecule has 1 aromatic rings. The van der Waals surface area contributed by atoms with Gasteiger partial charge >= 0.3 is 0 Å². The molecule has 0 amide bonds. The Balaban J connectivity index is 1.97. The predicted molar refractivity (Wildman–Crippen MR) is 63.9 cm³/mol. The van der Waals surface area contributed by atoms with Crippen molar-refractivity contribution >= 4 is 11.8 Å². The molecule has 1 saturated heterocycles. The van der Waals surface area contributed by atoms with Crippen LogP contribution >= 0.6 is 11.8 Å². The van der Waals surface area contributed by atoms with Gasteiger partial charge in [-0.3, -0.25) is 4.90 Å². The molecule has 1 aliphatic heterocycles. The van der Waals surface area contributed by atoms with Crippen LogP contribution in [-0.4, -0.2) is 29.5 Å². The molecule has 2 N–H and O–H groups in total. The maximum Gasteiger partial charge on any atom is 0.118 e. The van der Waals surface area contributed by atoms with Crippen molar-refractivity contribution in [1.82, 2.24) is 4.90 Å². The van der Waals surface area contributed by atoms with Crippen LogP contribution in [0.1, 0.15) is 17.1 Å². The number of hydrogen-bond acceptors (Lipinski definition) is 4. The minimum absolute atomic E-state index is 0.575. The number of rotatable bonds is 3. The van der Waals surface area contributed by atoms with Gasteiger partial charge in [0.05, 0.1) is 6.54 Å². The third-order valence-corrected chi connectivity index (χ3v) is 3.72. The first-order valence-electron chi connectivity index (χ1n) is 5.38. The van der Waals surface area contributed by atoms with Crippen molar-refractivity contribution in [2.24, 2.45) is 5.73 Å². The summed E-state index contributed by atoms with van der Waals surface area (Å²) >= 11 is 2.03. The average molecular weight is 226 g/mol. The van der Waals surface area contributed by atoms with E-state index in [1.54, 1.807) is 0 Å². The lowest BCUT2D eigenvalue weighted by molar-refractivity contribution is 0.266. The van der Waals surface area contributed by atoms with Gasteiger partial charge in [-0.15, -0.1) is 0 Å².